The Morgan fingerprint density at radius 1 is 0.583 bits per heavy atom. The normalized spacial score (nSPS) is 23.4. The maximum Gasteiger partial charge on any atom is 0.213 e. The molecule has 3 aliphatic carbocycles. The number of pyridine rings is 1. The molecule has 0 fully saturated rings. The van der Waals surface area contributed by atoms with Crippen LogP contribution in [0.25, 0.3) is 22.4 Å². The number of hydrogen-bond acceptors (Lipinski definition) is 0. The molecule has 0 N–H and O–H groups in total. The van der Waals surface area contributed by atoms with Gasteiger partial charge in [-0.15, -0.1) is 0 Å². The van der Waals surface area contributed by atoms with E-state index in [-0.39, 0.29) is 5.56 Å². The summed E-state index contributed by atoms with van der Waals surface area (Å²) in [5, 5.41) is 0. The SMILES string of the molecule is [2H]C([2H])([2H])c1c[n+](C)c(-c2ccccc2C)cc1-c1cc2c(cc1C)C1([2H])c3ccccc3C2([2H])c2ccccc21. The van der Waals surface area contributed by atoms with Crippen LogP contribution < -0.4 is 4.57 Å². The van der Waals surface area contributed by atoms with Crippen LogP contribution in [-0.4, -0.2) is 0 Å². The summed E-state index contributed by atoms with van der Waals surface area (Å²) >= 11 is 0. The Kier molecular flexibility index (Phi) is 3.59. The molecule has 2 bridgehead atoms. The molecule has 1 nitrogen and oxygen atoms in total. The van der Waals surface area contributed by atoms with E-state index < -0.39 is 18.6 Å². The third-order valence-electron chi connectivity index (χ3n) is 7.82. The Bertz CT molecular complexity index is 1850. The van der Waals surface area contributed by atoms with Crippen molar-refractivity contribution in [2.75, 3.05) is 0 Å². The fourth-order valence-electron chi connectivity index (χ4n) is 6.12. The lowest BCUT2D eigenvalue weighted by Crippen LogP contribution is -2.31. The summed E-state index contributed by atoms with van der Waals surface area (Å²) in [4.78, 5) is 0. The van der Waals surface area contributed by atoms with Crippen molar-refractivity contribution in [3.8, 4) is 22.4 Å². The summed E-state index contributed by atoms with van der Waals surface area (Å²) in [5.41, 5.74) is 10.5. The summed E-state index contributed by atoms with van der Waals surface area (Å²) in [7, 11) is 1.88. The van der Waals surface area contributed by atoms with Crippen LogP contribution >= 0.6 is 0 Å². The van der Waals surface area contributed by atoms with E-state index in [4.69, 9.17) is 4.11 Å². The molecule has 3 aliphatic rings. The average Bonchev–Trinajstić information content (AvgIpc) is 2.95. The monoisotopic (exact) mass is 469 g/mol. The van der Waals surface area contributed by atoms with Gasteiger partial charge in [-0.25, -0.2) is 4.57 Å². The lowest BCUT2D eigenvalue weighted by atomic mass is 9.60. The van der Waals surface area contributed by atoms with Crippen molar-refractivity contribution in [3.05, 3.63) is 147 Å². The fraction of sp³-hybridized carbons (Fsp3) is 0.171. The van der Waals surface area contributed by atoms with Gasteiger partial charge in [-0.1, -0.05) is 72.8 Å². The molecule has 0 saturated heterocycles. The van der Waals surface area contributed by atoms with Crippen LogP contribution in [0.5, 0.6) is 0 Å². The Labute approximate surface area is 220 Å². The van der Waals surface area contributed by atoms with Crippen molar-refractivity contribution < 1.29 is 11.4 Å². The molecule has 0 radical (unpaired) electrons. The van der Waals surface area contributed by atoms with Gasteiger partial charge in [-0.05, 0) is 88.5 Å². The molecule has 1 heteroatoms. The molecule has 1 heterocycles. The first-order chi connectivity index (χ1) is 19.5. The average molecular weight is 470 g/mol. The van der Waals surface area contributed by atoms with Gasteiger partial charge in [0, 0.05) is 35.8 Å². The van der Waals surface area contributed by atoms with E-state index in [1.807, 2.05) is 97.4 Å². The predicted molar refractivity (Wildman–Crippen MR) is 147 cm³/mol. The third-order valence-corrected chi connectivity index (χ3v) is 7.82. The van der Waals surface area contributed by atoms with E-state index in [0.717, 1.165) is 61.3 Å². The van der Waals surface area contributed by atoms with Crippen molar-refractivity contribution in [3.63, 3.8) is 0 Å². The van der Waals surface area contributed by atoms with Crippen LogP contribution in [0, 0.1) is 20.7 Å². The first-order valence-electron chi connectivity index (χ1n) is 14.9. The van der Waals surface area contributed by atoms with Gasteiger partial charge in [0.05, 0.1) is 0 Å². The van der Waals surface area contributed by atoms with Gasteiger partial charge < -0.3 is 0 Å². The summed E-state index contributed by atoms with van der Waals surface area (Å²) in [6, 6.07) is 29.8. The molecule has 0 saturated carbocycles. The summed E-state index contributed by atoms with van der Waals surface area (Å²) in [6.45, 7) is 1.70. The molecule has 0 aliphatic heterocycles. The Balaban J connectivity index is 1.56. The van der Waals surface area contributed by atoms with Crippen LogP contribution in [0.1, 0.15) is 68.7 Å². The smallest absolute Gasteiger partial charge is 0.201 e. The maximum atomic E-state index is 10.1. The number of aromatic nitrogens is 1. The molecule has 36 heavy (non-hydrogen) atoms. The van der Waals surface area contributed by atoms with Gasteiger partial charge in [-0.3, -0.25) is 0 Å². The van der Waals surface area contributed by atoms with Crippen LogP contribution in [-0.2, 0) is 7.05 Å². The van der Waals surface area contributed by atoms with Gasteiger partial charge in [0.15, 0.2) is 6.20 Å². The summed E-state index contributed by atoms with van der Waals surface area (Å²) < 4.78 is 47.3. The van der Waals surface area contributed by atoms with Crippen LogP contribution in [0.2, 0.25) is 0 Å². The van der Waals surface area contributed by atoms with Crippen molar-refractivity contribution >= 4 is 0 Å². The van der Waals surface area contributed by atoms with E-state index >= 15 is 0 Å². The van der Waals surface area contributed by atoms with Crippen molar-refractivity contribution in [2.45, 2.75) is 32.5 Å². The zero-order valence-corrected chi connectivity index (χ0v) is 20.7. The standard InChI is InChI=1S/C35H30N/c1-21-11-5-6-12-24(21)33-19-30(23(3)20-36(33)4)29-18-32-31(17-22(29)2)34-25-13-7-9-15-27(25)35(32)28-16-10-8-14-26(28)34/h5-20,34-35H,1-4H3/q+1/i3D3,34D,35D. The fourth-order valence-corrected chi connectivity index (χ4v) is 6.12. The number of nitrogens with zero attached hydrogens (tertiary/aromatic N) is 1. The van der Waals surface area contributed by atoms with E-state index in [0.29, 0.717) is 5.56 Å². The van der Waals surface area contributed by atoms with Gasteiger partial charge in [-0.2, -0.15) is 0 Å². The second kappa shape index (κ2) is 7.77. The Morgan fingerprint density at radius 3 is 1.69 bits per heavy atom. The molecule has 8 rings (SSSR count). The van der Waals surface area contributed by atoms with Crippen molar-refractivity contribution in [1.29, 1.82) is 0 Å². The summed E-state index contributed by atoms with van der Waals surface area (Å²) in [6.07, 6.45) is 1.72. The minimum Gasteiger partial charge on any atom is -0.201 e. The highest BCUT2D eigenvalue weighted by atomic mass is 14.9. The zero-order chi connectivity index (χ0) is 28.9. The van der Waals surface area contributed by atoms with E-state index in [1.54, 1.807) is 6.20 Å². The van der Waals surface area contributed by atoms with Gasteiger partial charge in [0.2, 0.25) is 5.69 Å². The third kappa shape index (κ3) is 2.92. The van der Waals surface area contributed by atoms with Gasteiger partial charge in [0.25, 0.3) is 0 Å². The topological polar surface area (TPSA) is 3.88 Å². The molecular weight excluding hydrogens is 434 g/mol. The largest absolute Gasteiger partial charge is 0.213 e. The van der Waals surface area contributed by atoms with Crippen LogP contribution in [0.15, 0.2) is 97.2 Å². The molecule has 4 aromatic carbocycles. The number of aryl methyl sites for hydroxylation is 4. The van der Waals surface area contributed by atoms with Gasteiger partial charge >= 0.3 is 0 Å². The first kappa shape index (κ1) is 16.7. The van der Waals surface area contributed by atoms with Crippen molar-refractivity contribution in [1.82, 2.24) is 0 Å². The second-order valence-electron chi connectivity index (χ2n) is 9.97. The van der Waals surface area contributed by atoms with E-state index in [1.165, 1.54) is 0 Å². The minimum atomic E-state index is -2.34. The van der Waals surface area contributed by atoms with E-state index in [9.17, 15) is 2.74 Å². The number of rotatable bonds is 2. The van der Waals surface area contributed by atoms with Crippen molar-refractivity contribution in [2.24, 2.45) is 7.05 Å². The van der Waals surface area contributed by atoms with Gasteiger partial charge in [0.1, 0.15) is 7.05 Å². The Hall–Kier alpha value is -3.97. The molecule has 5 aromatic rings. The zero-order valence-electron chi connectivity index (χ0n) is 25.7. The lowest BCUT2D eigenvalue weighted by molar-refractivity contribution is -0.660. The molecule has 1 aromatic heterocycles. The first-order valence-corrected chi connectivity index (χ1v) is 12.4. The predicted octanol–water partition coefficient (Wildman–Crippen LogP) is 7.76. The van der Waals surface area contributed by atoms with Crippen LogP contribution in [0.3, 0.4) is 0 Å². The summed E-state index contributed by atoms with van der Waals surface area (Å²) in [5.74, 6) is -2.37. The number of benzene rings is 4. The highest BCUT2D eigenvalue weighted by Crippen LogP contribution is 2.56. The highest BCUT2D eigenvalue weighted by molar-refractivity contribution is 5.78. The molecule has 0 spiro atoms. The van der Waals surface area contributed by atoms with Crippen LogP contribution in [0.4, 0.5) is 0 Å². The highest BCUT2D eigenvalue weighted by Gasteiger charge is 2.41. The molecule has 174 valence electrons. The molecule has 0 atom stereocenters. The quantitative estimate of drug-likeness (QED) is 0.233. The maximum absolute atomic E-state index is 10.1. The minimum absolute atomic E-state index is 0.266. The van der Waals surface area contributed by atoms with E-state index in [2.05, 4.69) is 19.1 Å². The lowest BCUT2D eigenvalue weighted by Gasteiger charge is -2.42. The molecule has 0 unspecified atom stereocenters. The Morgan fingerprint density at radius 2 is 1.11 bits per heavy atom. The number of hydrogen-bond donors (Lipinski definition) is 0. The molecular formula is C35H30N+. The molecule has 0 amide bonds. The second-order valence-corrected chi connectivity index (χ2v) is 9.97.